The van der Waals surface area contributed by atoms with E-state index >= 15 is 0 Å². The first kappa shape index (κ1) is 9.97. The van der Waals surface area contributed by atoms with Gasteiger partial charge in [-0.05, 0) is 48.4 Å². The average molecular weight is 220 g/mol. The van der Waals surface area contributed by atoms with Crippen LogP contribution in [0.15, 0.2) is 12.1 Å². The molecule has 0 fully saturated rings. The van der Waals surface area contributed by atoms with Gasteiger partial charge in [0, 0.05) is 13.7 Å². The Hall–Kier alpha value is -1.22. The topological polar surface area (TPSA) is 27.7 Å². The molecule has 3 rings (SSSR count). The quantitative estimate of drug-likeness (QED) is 0.764. The standard InChI is InChI=1S/C13H16O3/c1-14-7-9-2-3-10-5-12-13(16-8-15-12)6-11(10)4-9/h5-6,9H,2-4,7-8H2,1H3. The molecule has 0 radical (unpaired) electrons. The molecule has 1 heterocycles. The largest absolute Gasteiger partial charge is 0.454 e. The first-order valence-corrected chi connectivity index (χ1v) is 5.77. The number of hydrogen-bond donors (Lipinski definition) is 0. The van der Waals surface area contributed by atoms with E-state index in [1.807, 2.05) is 0 Å². The van der Waals surface area contributed by atoms with E-state index in [0.29, 0.717) is 12.7 Å². The minimum atomic E-state index is 0.361. The van der Waals surface area contributed by atoms with Gasteiger partial charge in [-0.15, -0.1) is 0 Å². The fourth-order valence-corrected chi connectivity index (χ4v) is 2.60. The number of hydrogen-bond acceptors (Lipinski definition) is 3. The number of rotatable bonds is 2. The maximum Gasteiger partial charge on any atom is 0.231 e. The number of methoxy groups -OCH3 is 1. The summed E-state index contributed by atoms with van der Waals surface area (Å²) >= 11 is 0. The predicted octanol–water partition coefficient (Wildman–Crippen LogP) is 2.17. The summed E-state index contributed by atoms with van der Waals surface area (Å²) in [7, 11) is 1.77. The van der Waals surface area contributed by atoms with Crippen molar-refractivity contribution in [2.45, 2.75) is 19.3 Å². The molecule has 0 saturated carbocycles. The molecule has 16 heavy (non-hydrogen) atoms. The maximum atomic E-state index is 5.41. The highest BCUT2D eigenvalue weighted by atomic mass is 16.7. The van der Waals surface area contributed by atoms with Crippen LogP contribution in [0.5, 0.6) is 11.5 Å². The zero-order valence-electron chi connectivity index (χ0n) is 9.49. The summed E-state index contributed by atoms with van der Waals surface area (Å²) < 4.78 is 16.0. The Balaban J connectivity index is 1.87. The first-order chi connectivity index (χ1) is 7.86. The third-order valence-electron chi connectivity index (χ3n) is 3.43. The normalized spacial score (nSPS) is 21.9. The number of fused-ring (bicyclic) bond motifs is 2. The van der Waals surface area contributed by atoms with Crippen molar-refractivity contribution in [3.63, 3.8) is 0 Å². The minimum Gasteiger partial charge on any atom is -0.454 e. The van der Waals surface area contributed by atoms with Gasteiger partial charge in [0.05, 0.1) is 0 Å². The van der Waals surface area contributed by atoms with E-state index in [-0.39, 0.29) is 0 Å². The lowest BCUT2D eigenvalue weighted by atomic mass is 9.84. The molecule has 1 aliphatic carbocycles. The van der Waals surface area contributed by atoms with Crippen molar-refractivity contribution in [1.29, 1.82) is 0 Å². The summed E-state index contributed by atoms with van der Waals surface area (Å²) in [5.74, 6) is 2.46. The number of aryl methyl sites for hydroxylation is 1. The monoisotopic (exact) mass is 220 g/mol. The SMILES string of the molecule is COCC1CCc2cc3c(cc2C1)OCO3. The van der Waals surface area contributed by atoms with Gasteiger partial charge in [0.1, 0.15) is 0 Å². The summed E-state index contributed by atoms with van der Waals surface area (Å²) in [6, 6.07) is 4.28. The van der Waals surface area contributed by atoms with E-state index in [9.17, 15) is 0 Å². The van der Waals surface area contributed by atoms with Crippen LogP contribution in [-0.4, -0.2) is 20.5 Å². The Morgan fingerprint density at radius 2 is 2.00 bits per heavy atom. The molecule has 1 unspecified atom stereocenters. The second-order valence-corrected chi connectivity index (χ2v) is 4.54. The average Bonchev–Trinajstić information content (AvgIpc) is 2.73. The van der Waals surface area contributed by atoms with E-state index in [0.717, 1.165) is 30.9 Å². The number of ether oxygens (including phenoxy) is 3. The second kappa shape index (κ2) is 3.98. The van der Waals surface area contributed by atoms with Gasteiger partial charge in [-0.2, -0.15) is 0 Å². The Kier molecular flexibility index (Phi) is 2.48. The Labute approximate surface area is 95.3 Å². The highest BCUT2D eigenvalue weighted by Gasteiger charge is 2.23. The molecule has 0 amide bonds. The van der Waals surface area contributed by atoms with E-state index in [1.165, 1.54) is 17.5 Å². The Morgan fingerprint density at radius 1 is 1.25 bits per heavy atom. The van der Waals surface area contributed by atoms with Crippen LogP contribution in [0.1, 0.15) is 17.5 Å². The lowest BCUT2D eigenvalue weighted by Crippen LogP contribution is -2.18. The molecule has 0 spiro atoms. The highest BCUT2D eigenvalue weighted by Crippen LogP contribution is 2.38. The van der Waals surface area contributed by atoms with Crippen molar-refractivity contribution < 1.29 is 14.2 Å². The fraction of sp³-hybridized carbons (Fsp3) is 0.538. The van der Waals surface area contributed by atoms with Crippen LogP contribution in [0.3, 0.4) is 0 Å². The van der Waals surface area contributed by atoms with Crippen LogP contribution in [-0.2, 0) is 17.6 Å². The van der Waals surface area contributed by atoms with Crippen LogP contribution in [0.2, 0.25) is 0 Å². The third kappa shape index (κ3) is 1.65. The molecule has 2 aliphatic rings. The van der Waals surface area contributed by atoms with Gasteiger partial charge in [-0.25, -0.2) is 0 Å². The van der Waals surface area contributed by atoms with Crippen molar-refractivity contribution >= 4 is 0 Å². The van der Waals surface area contributed by atoms with Crippen LogP contribution in [0, 0.1) is 5.92 Å². The lowest BCUT2D eigenvalue weighted by molar-refractivity contribution is 0.145. The molecular weight excluding hydrogens is 204 g/mol. The molecule has 1 aromatic carbocycles. The molecule has 0 saturated heterocycles. The summed E-state index contributed by atoms with van der Waals surface area (Å²) in [6.45, 7) is 1.22. The van der Waals surface area contributed by atoms with E-state index < -0.39 is 0 Å². The predicted molar refractivity (Wildman–Crippen MR) is 60.0 cm³/mol. The van der Waals surface area contributed by atoms with Gasteiger partial charge in [0.2, 0.25) is 6.79 Å². The minimum absolute atomic E-state index is 0.361. The Morgan fingerprint density at radius 3 is 2.75 bits per heavy atom. The molecule has 0 bridgehead atoms. The van der Waals surface area contributed by atoms with E-state index in [1.54, 1.807) is 7.11 Å². The highest BCUT2D eigenvalue weighted by molar-refractivity contribution is 5.49. The van der Waals surface area contributed by atoms with E-state index in [2.05, 4.69) is 12.1 Å². The molecule has 0 aromatic heterocycles. The van der Waals surface area contributed by atoms with Gasteiger partial charge in [-0.3, -0.25) is 0 Å². The smallest absolute Gasteiger partial charge is 0.231 e. The van der Waals surface area contributed by atoms with Crippen molar-refractivity contribution in [1.82, 2.24) is 0 Å². The molecule has 1 aliphatic heterocycles. The summed E-state index contributed by atoms with van der Waals surface area (Å²) in [5.41, 5.74) is 2.81. The third-order valence-corrected chi connectivity index (χ3v) is 3.43. The zero-order valence-corrected chi connectivity index (χ0v) is 9.49. The lowest BCUT2D eigenvalue weighted by Gasteiger charge is -2.24. The molecule has 1 aromatic rings. The summed E-state index contributed by atoms with van der Waals surface area (Å²) in [6.07, 6.45) is 3.43. The van der Waals surface area contributed by atoms with Gasteiger partial charge >= 0.3 is 0 Å². The zero-order chi connectivity index (χ0) is 11.0. The van der Waals surface area contributed by atoms with Gasteiger partial charge in [0.25, 0.3) is 0 Å². The maximum absolute atomic E-state index is 5.41. The van der Waals surface area contributed by atoms with Crippen LogP contribution < -0.4 is 9.47 Å². The summed E-state index contributed by atoms with van der Waals surface area (Å²) in [4.78, 5) is 0. The van der Waals surface area contributed by atoms with Crippen LogP contribution >= 0.6 is 0 Å². The van der Waals surface area contributed by atoms with Crippen molar-refractivity contribution in [2.24, 2.45) is 5.92 Å². The number of benzene rings is 1. The second-order valence-electron chi connectivity index (χ2n) is 4.54. The van der Waals surface area contributed by atoms with Gasteiger partial charge in [0.15, 0.2) is 11.5 Å². The van der Waals surface area contributed by atoms with E-state index in [4.69, 9.17) is 14.2 Å². The molecule has 0 N–H and O–H groups in total. The van der Waals surface area contributed by atoms with Crippen molar-refractivity contribution in [2.75, 3.05) is 20.5 Å². The summed E-state index contributed by atoms with van der Waals surface area (Å²) in [5, 5.41) is 0. The Bertz CT molecular complexity index is 400. The fourth-order valence-electron chi connectivity index (χ4n) is 2.60. The molecule has 1 atom stereocenters. The molecule has 3 heteroatoms. The van der Waals surface area contributed by atoms with Crippen molar-refractivity contribution in [3.8, 4) is 11.5 Å². The molecule has 86 valence electrons. The molecule has 3 nitrogen and oxygen atoms in total. The van der Waals surface area contributed by atoms with Crippen LogP contribution in [0.25, 0.3) is 0 Å². The van der Waals surface area contributed by atoms with Crippen molar-refractivity contribution in [3.05, 3.63) is 23.3 Å². The van der Waals surface area contributed by atoms with Gasteiger partial charge < -0.3 is 14.2 Å². The molecular formula is C13H16O3. The van der Waals surface area contributed by atoms with Gasteiger partial charge in [-0.1, -0.05) is 0 Å². The van der Waals surface area contributed by atoms with Crippen LogP contribution in [0.4, 0.5) is 0 Å². The first-order valence-electron chi connectivity index (χ1n) is 5.77.